The molecule has 0 aliphatic heterocycles. The normalized spacial score (nSPS) is 10.0. The van der Waals surface area contributed by atoms with Crippen LogP contribution < -0.4 is 16.0 Å². The molecule has 130 valence electrons. The second kappa shape index (κ2) is 8.05. The molecule has 7 heteroatoms. The molecule has 0 bridgehead atoms. The van der Waals surface area contributed by atoms with Gasteiger partial charge in [0.2, 0.25) is 11.8 Å². The fourth-order valence-corrected chi connectivity index (χ4v) is 2.23. The van der Waals surface area contributed by atoms with Gasteiger partial charge in [0.1, 0.15) is 5.82 Å². The molecule has 25 heavy (non-hydrogen) atoms. The molecule has 3 amide bonds. The Morgan fingerprint density at radius 1 is 0.920 bits per heavy atom. The van der Waals surface area contributed by atoms with Crippen molar-refractivity contribution in [3.63, 3.8) is 0 Å². The van der Waals surface area contributed by atoms with Gasteiger partial charge < -0.3 is 16.0 Å². The van der Waals surface area contributed by atoms with E-state index >= 15 is 0 Å². The van der Waals surface area contributed by atoms with Crippen LogP contribution in [0.1, 0.15) is 29.8 Å². The second-order valence-corrected chi connectivity index (χ2v) is 5.44. The van der Waals surface area contributed by atoms with Gasteiger partial charge in [0, 0.05) is 42.9 Å². The van der Waals surface area contributed by atoms with Crippen LogP contribution in [0.25, 0.3) is 0 Å². The minimum atomic E-state index is -0.456. The van der Waals surface area contributed by atoms with Crippen LogP contribution in [0, 0.1) is 5.82 Å². The number of nitrogens with one attached hydrogen (secondary N) is 3. The van der Waals surface area contributed by atoms with Crippen molar-refractivity contribution in [3.8, 4) is 0 Å². The molecule has 0 saturated carbocycles. The lowest BCUT2D eigenvalue weighted by atomic mass is 10.1. The summed E-state index contributed by atoms with van der Waals surface area (Å²) < 4.78 is 13.6. The van der Waals surface area contributed by atoms with Gasteiger partial charge in [-0.1, -0.05) is 18.2 Å². The average Bonchev–Trinajstić information content (AvgIpc) is 2.52. The van der Waals surface area contributed by atoms with E-state index in [0.29, 0.717) is 16.9 Å². The molecule has 3 N–H and O–H groups in total. The zero-order valence-electron chi connectivity index (χ0n) is 13.9. The Morgan fingerprint density at radius 2 is 1.48 bits per heavy atom. The van der Waals surface area contributed by atoms with Gasteiger partial charge in [-0.25, -0.2) is 4.39 Å². The van der Waals surface area contributed by atoms with E-state index in [-0.39, 0.29) is 23.9 Å². The van der Waals surface area contributed by atoms with Crippen LogP contribution in [0.5, 0.6) is 0 Å². The number of anilines is 2. The smallest absolute Gasteiger partial charge is 0.251 e. The van der Waals surface area contributed by atoms with Crippen LogP contribution in [0.15, 0.2) is 42.5 Å². The molecule has 0 aromatic heterocycles. The maximum atomic E-state index is 13.6. The van der Waals surface area contributed by atoms with Crippen molar-refractivity contribution in [1.29, 1.82) is 0 Å². The third kappa shape index (κ3) is 5.42. The van der Waals surface area contributed by atoms with Crippen LogP contribution in [-0.2, 0) is 16.1 Å². The molecular weight excluding hydrogens is 325 g/mol. The Hall–Kier alpha value is -3.22. The summed E-state index contributed by atoms with van der Waals surface area (Å²) in [5.74, 6) is -1.48. The fraction of sp³-hybridized carbons (Fsp3) is 0.167. The van der Waals surface area contributed by atoms with Gasteiger partial charge in [0.25, 0.3) is 5.91 Å². The Balaban J connectivity index is 2.20. The van der Waals surface area contributed by atoms with Crippen molar-refractivity contribution in [2.45, 2.75) is 20.4 Å². The first-order valence-electron chi connectivity index (χ1n) is 7.57. The molecule has 2 aromatic carbocycles. The molecule has 0 aliphatic carbocycles. The summed E-state index contributed by atoms with van der Waals surface area (Å²) in [6, 6.07) is 10.6. The predicted octanol–water partition coefficient (Wildman–Crippen LogP) is 2.67. The molecule has 2 aromatic rings. The Bertz CT molecular complexity index is 787. The highest BCUT2D eigenvalue weighted by Crippen LogP contribution is 2.19. The highest BCUT2D eigenvalue weighted by atomic mass is 19.1. The molecule has 6 nitrogen and oxygen atoms in total. The average molecular weight is 343 g/mol. The highest BCUT2D eigenvalue weighted by molar-refractivity contribution is 5.99. The molecular formula is C18H18FN3O3. The van der Waals surface area contributed by atoms with Gasteiger partial charge in [-0.2, -0.15) is 0 Å². The standard InChI is InChI=1S/C18H18FN3O3/c1-11(23)21-15-7-14(8-16(9-15)22-12(2)24)18(25)20-10-13-5-3-4-6-17(13)19/h3-9H,10H2,1-2H3,(H,20,25)(H,21,23)(H,22,24). The van der Waals surface area contributed by atoms with Gasteiger partial charge in [-0.05, 0) is 24.3 Å². The van der Waals surface area contributed by atoms with E-state index in [1.54, 1.807) is 18.2 Å². The number of hydrogen-bond acceptors (Lipinski definition) is 3. The second-order valence-electron chi connectivity index (χ2n) is 5.44. The fourth-order valence-electron chi connectivity index (χ4n) is 2.23. The van der Waals surface area contributed by atoms with E-state index in [2.05, 4.69) is 16.0 Å². The minimum absolute atomic E-state index is 0.0192. The molecule has 0 saturated heterocycles. The SMILES string of the molecule is CC(=O)Nc1cc(NC(C)=O)cc(C(=O)NCc2ccccc2F)c1. The van der Waals surface area contributed by atoms with Gasteiger partial charge in [0.05, 0.1) is 0 Å². The molecule has 0 unspecified atom stereocenters. The number of amides is 3. The Labute approximate surface area is 144 Å². The number of carbonyl (C=O) groups excluding carboxylic acids is 3. The van der Waals surface area contributed by atoms with E-state index in [4.69, 9.17) is 0 Å². The quantitative estimate of drug-likeness (QED) is 0.780. The van der Waals surface area contributed by atoms with Crippen LogP contribution in [0.2, 0.25) is 0 Å². The summed E-state index contributed by atoms with van der Waals surface area (Å²) in [6.07, 6.45) is 0. The third-order valence-electron chi connectivity index (χ3n) is 3.23. The molecule has 0 fully saturated rings. The van der Waals surface area contributed by atoms with Gasteiger partial charge in [-0.3, -0.25) is 14.4 Å². The van der Waals surface area contributed by atoms with E-state index < -0.39 is 11.7 Å². The van der Waals surface area contributed by atoms with Crippen molar-refractivity contribution in [1.82, 2.24) is 5.32 Å². The van der Waals surface area contributed by atoms with Gasteiger partial charge in [0.15, 0.2) is 0 Å². The van der Waals surface area contributed by atoms with Crippen LogP contribution in [0.3, 0.4) is 0 Å². The van der Waals surface area contributed by atoms with Gasteiger partial charge in [-0.15, -0.1) is 0 Å². The summed E-state index contributed by atoms with van der Waals surface area (Å²) in [6.45, 7) is 2.69. The lowest BCUT2D eigenvalue weighted by Crippen LogP contribution is -2.24. The summed E-state index contributed by atoms with van der Waals surface area (Å²) in [4.78, 5) is 34.8. The largest absolute Gasteiger partial charge is 0.348 e. The van der Waals surface area contributed by atoms with E-state index in [0.717, 1.165) is 0 Å². The first kappa shape index (κ1) is 18.1. The topological polar surface area (TPSA) is 87.3 Å². The molecule has 0 radical (unpaired) electrons. The lowest BCUT2D eigenvalue weighted by Gasteiger charge is -2.11. The van der Waals surface area contributed by atoms with Crippen molar-refractivity contribution >= 4 is 29.1 Å². The number of hydrogen-bond donors (Lipinski definition) is 3. The third-order valence-corrected chi connectivity index (χ3v) is 3.23. The van der Waals surface area contributed by atoms with Crippen LogP contribution in [-0.4, -0.2) is 17.7 Å². The minimum Gasteiger partial charge on any atom is -0.348 e. The molecule has 0 spiro atoms. The predicted molar refractivity (Wildman–Crippen MR) is 92.6 cm³/mol. The van der Waals surface area contributed by atoms with E-state index in [9.17, 15) is 18.8 Å². The first-order chi connectivity index (χ1) is 11.8. The molecule has 0 atom stereocenters. The van der Waals surface area contributed by atoms with Crippen molar-refractivity contribution < 1.29 is 18.8 Å². The molecule has 2 rings (SSSR count). The van der Waals surface area contributed by atoms with Crippen molar-refractivity contribution in [3.05, 3.63) is 59.4 Å². The maximum absolute atomic E-state index is 13.6. The summed E-state index contributed by atoms with van der Waals surface area (Å²) >= 11 is 0. The summed E-state index contributed by atoms with van der Waals surface area (Å²) in [5.41, 5.74) is 1.33. The van der Waals surface area contributed by atoms with Gasteiger partial charge >= 0.3 is 0 Å². The first-order valence-corrected chi connectivity index (χ1v) is 7.57. The zero-order valence-corrected chi connectivity index (χ0v) is 13.9. The Morgan fingerprint density at radius 3 is 2.00 bits per heavy atom. The number of halogens is 1. The monoisotopic (exact) mass is 343 g/mol. The summed E-state index contributed by atoms with van der Waals surface area (Å²) in [7, 11) is 0. The number of carbonyl (C=O) groups is 3. The molecule has 0 heterocycles. The van der Waals surface area contributed by atoms with E-state index in [1.807, 2.05) is 0 Å². The maximum Gasteiger partial charge on any atom is 0.251 e. The summed E-state index contributed by atoms with van der Waals surface area (Å²) in [5, 5.41) is 7.75. The lowest BCUT2D eigenvalue weighted by molar-refractivity contribution is -0.115. The van der Waals surface area contributed by atoms with Crippen LogP contribution in [0.4, 0.5) is 15.8 Å². The zero-order chi connectivity index (χ0) is 18.4. The van der Waals surface area contributed by atoms with Crippen molar-refractivity contribution in [2.75, 3.05) is 10.6 Å². The van der Waals surface area contributed by atoms with E-state index in [1.165, 1.54) is 38.1 Å². The highest BCUT2D eigenvalue weighted by Gasteiger charge is 2.11. The van der Waals surface area contributed by atoms with Crippen LogP contribution >= 0.6 is 0 Å². The number of benzene rings is 2. The Kier molecular flexibility index (Phi) is 5.84. The number of rotatable bonds is 5. The molecule has 0 aliphatic rings. The van der Waals surface area contributed by atoms with Crippen molar-refractivity contribution in [2.24, 2.45) is 0 Å².